The number of nitrogens with zero attached hydrogens (tertiary/aromatic N) is 4. The van der Waals surface area contributed by atoms with Crippen molar-refractivity contribution in [2.75, 3.05) is 31.1 Å². The van der Waals surface area contributed by atoms with Crippen LogP contribution in [0.4, 0.5) is 5.82 Å². The van der Waals surface area contributed by atoms with Gasteiger partial charge >= 0.3 is 0 Å². The van der Waals surface area contributed by atoms with Crippen LogP contribution in [0.15, 0.2) is 6.33 Å². The average Bonchev–Trinajstić information content (AvgIpc) is 3.00. The van der Waals surface area contributed by atoms with E-state index in [0.29, 0.717) is 18.0 Å². The number of halogens is 1. The molecule has 9 heteroatoms. The van der Waals surface area contributed by atoms with Crippen molar-refractivity contribution in [1.29, 1.82) is 0 Å². The molecular weight excluding hydrogens is 308 g/mol. The Morgan fingerprint density at radius 3 is 3.23 bits per heavy atom. The summed E-state index contributed by atoms with van der Waals surface area (Å²) in [6.07, 6.45) is 3.25. The molecule has 1 unspecified atom stereocenters. The fourth-order valence-electron chi connectivity index (χ4n) is 2.73. The van der Waals surface area contributed by atoms with Crippen molar-refractivity contribution in [3.63, 3.8) is 0 Å². The van der Waals surface area contributed by atoms with Gasteiger partial charge in [-0.15, -0.1) is 0 Å². The number of rotatable bonds is 4. The number of aliphatic hydroxyl groups excluding tert-OH is 1. The highest BCUT2D eigenvalue weighted by Crippen LogP contribution is 2.27. The van der Waals surface area contributed by atoms with Crippen molar-refractivity contribution in [2.45, 2.75) is 12.8 Å². The standard InChI is InChI=1S/C13H17ClN6O2/c14-13-18-10-9(16-7-17-10)11(19-13)20-4-1-2-8(6-20)12(22)15-3-5-21/h7-8,21H,1-6H2,(H,15,22)(H,16,17,18,19). The summed E-state index contributed by atoms with van der Waals surface area (Å²) < 4.78 is 0. The first-order valence-electron chi connectivity index (χ1n) is 7.19. The molecule has 3 N–H and O–H groups in total. The maximum absolute atomic E-state index is 12.1. The number of hydrogen-bond acceptors (Lipinski definition) is 6. The number of piperidine rings is 1. The number of anilines is 1. The largest absolute Gasteiger partial charge is 0.395 e. The Hall–Kier alpha value is -1.93. The lowest BCUT2D eigenvalue weighted by atomic mass is 9.97. The van der Waals surface area contributed by atoms with Gasteiger partial charge in [0.2, 0.25) is 11.2 Å². The van der Waals surface area contributed by atoms with E-state index < -0.39 is 0 Å². The summed E-state index contributed by atoms with van der Waals surface area (Å²) in [5.41, 5.74) is 1.24. The number of H-pyrrole nitrogens is 1. The number of nitrogens with one attached hydrogen (secondary N) is 2. The Morgan fingerprint density at radius 1 is 1.55 bits per heavy atom. The molecule has 0 aromatic carbocycles. The number of carbonyl (C=O) groups excluding carboxylic acids is 1. The van der Waals surface area contributed by atoms with E-state index in [0.717, 1.165) is 24.9 Å². The van der Waals surface area contributed by atoms with Crippen LogP contribution >= 0.6 is 11.6 Å². The zero-order chi connectivity index (χ0) is 15.5. The fraction of sp³-hybridized carbons (Fsp3) is 0.538. The van der Waals surface area contributed by atoms with Crippen molar-refractivity contribution in [1.82, 2.24) is 25.3 Å². The molecule has 0 spiro atoms. The third-order valence-corrected chi connectivity index (χ3v) is 3.91. The number of aromatic nitrogens is 4. The topological polar surface area (TPSA) is 107 Å². The molecule has 0 radical (unpaired) electrons. The minimum atomic E-state index is -0.132. The highest BCUT2D eigenvalue weighted by molar-refractivity contribution is 6.28. The lowest BCUT2D eigenvalue weighted by molar-refractivity contribution is -0.125. The lowest BCUT2D eigenvalue weighted by Crippen LogP contribution is -2.44. The van der Waals surface area contributed by atoms with E-state index >= 15 is 0 Å². The number of aliphatic hydroxyl groups is 1. The van der Waals surface area contributed by atoms with Crippen LogP contribution in [0.2, 0.25) is 5.28 Å². The molecule has 1 amide bonds. The van der Waals surface area contributed by atoms with Gasteiger partial charge in [-0.05, 0) is 24.4 Å². The Balaban J connectivity index is 1.81. The van der Waals surface area contributed by atoms with Crippen LogP contribution in [0, 0.1) is 5.92 Å². The lowest BCUT2D eigenvalue weighted by Gasteiger charge is -2.32. The fourth-order valence-corrected chi connectivity index (χ4v) is 2.89. The Kier molecular flexibility index (Phi) is 4.39. The molecule has 0 saturated carbocycles. The van der Waals surface area contributed by atoms with Crippen LogP contribution in [0.1, 0.15) is 12.8 Å². The molecule has 3 heterocycles. The van der Waals surface area contributed by atoms with Crippen LogP contribution in [-0.2, 0) is 4.79 Å². The molecule has 1 saturated heterocycles. The molecule has 0 aliphatic carbocycles. The second kappa shape index (κ2) is 6.45. The van der Waals surface area contributed by atoms with Gasteiger partial charge in [0, 0.05) is 19.6 Å². The molecule has 118 valence electrons. The molecule has 2 aromatic rings. The number of carbonyl (C=O) groups is 1. The van der Waals surface area contributed by atoms with Gasteiger partial charge in [-0.25, -0.2) is 4.98 Å². The van der Waals surface area contributed by atoms with Crippen LogP contribution in [0.5, 0.6) is 0 Å². The van der Waals surface area contributed by atoms with Crippen molar-refractivity contribution in [3.05, 3.63) is 11.6 Å². The third-order valence-electron chi connectivity index (χ3n) is 3.74. The van der Waals surface area contributed by atoms with Crippen molar-refractivity contribution in [3.8, 4) is 0 Å². The summed E-state index contributed by atoms with van der Waals surface area (Å²) in [4.78, 5) is 29.6. The average molecular weight is 325 g/mol. The molecule has 1 aliphatic rings. The Bertz CT molecular complexity index is 676. The van der Waals surface area contributed by atoms with Crippen LogP contribution in [0.3, 0.4) is 0 Å². The van der Waals surface area contributed by atoms with E-state index in [4.69, 9.17) is 16.7 Å². The molecule has 22 heavy (non-hydrogen) atoms. The normalized spacial score (nSPS) is 18.6. The predicted molar refractivity (Wildman–Crippen MR) is 81.7 cm³/mol. The van der Waals surface area contributed by atoms with Gasteiger partial charge in [-0.2, -0.15) is 9.97 Å². The molecule has 1 fully saturated rings. The monoisotopic (exact) mass is 324 g/mol. The molecule has 1 aliphatic heterocycles. The van der Waals surface area contributed by atoms with Gasteiger partial charge in [0.1, 0.15) is 5.52 Å². The molecule has 8 nitrogen and oxygen atoms in total. The second-order valence-electron chi connectivity index (χ2n) is 5.22. The minimum absolute atomic E-state index is 0.0419. The van der Waals surface area contributed by atoms with Crippen molar-refractivity contribution < 1.29 is 9.90 Å². The first-order chi connectivity index (χ1) is 10.7. The number of fused-ring (bicyclic) bond motifs is 1. The third kappa shape index (κ3) is 2.97. The van der Waals surface area contributed by atoms with Crippen molar-refractivity contribution >= 4 is 34.5 Å². The highest BCUT2D eigenvalue weighted by Gasteiger charge is 2.28. The summed E-state index contributed by atoms with van der Waals surface area (Å²) >= 11 is 5.96. The first kappa shape index (κ1) is 15.0. The van der Waals surface area contributed by atoms with E-state index in [2.05, 4.69) is 25.3 Å². The van der Waals surface area contributed by atoms with Crippen LogP contribution in [0.25, 0.3) is 11.2 Å². The number of amides is 1. The number of imidazole rings is 1. The molecular formula is C13H17ClN6O2. The summed E-state index contributed by atoms with van der Waals surface area (Å²) in [5.74, 6) is 0.499. The first-order valence-corrected chi connectivity index (χ1v) is 7.57. The maximum Gasteiger partial charge on any atom is 0.226 e. The molecule has 0 bridgehead atoms. The highest BCUT2D eigenvalue weighted by atomic mass is 35.5. The zero-order valence-corrected chi connectivity index (χ0v) is 12.7. The smallest absolute Gasteiger partial charge is 0.226 e. The quantitative estimate of drug-likeness (QED) is 0.700. The second-order valence-corrected chi connectivity index (χ2v) is 5.56. The molecule has 2 aromatic heterocycles. The summed E-state index contributed by atoms with van der Waals surface area (Å²) in [6.45, 7) is 1.57. The maximum atomic E-state index is 12.1. The van der Waals surface area contributed by atoms with Gasteiger partial charge in [0.25, 0.3) is 0 Å². The minimum Gasteiger partial charge on any atom is -0.395 e. The summed E-state index contributed by atoms with van der Waals surface area (Å²) in [6, 6.07) is 0. The number of hydrogen-bond donors (Lipinski definition) is 3. The van der Waals surface area contributed by atoms with E-state index in [1.165, 1.54) is 0 Å². The van der Waals surface area contributed by atoms with Gasteiger partial charge in [-0.1, -0.05) is 0 Å². The Morgan fingerprint density at radius 2 is 2.41 bits per heavy atom. The van der Waals surface area contributed by atoms with Gasteiger partial charge < -0.3 is 20.3 Å². The van der Waals surface area contributed by atoms with Gasteiger partial charge in [0.15, 0.2) is 11.5 Å². The Labute approximate surface area is 131 Å². The summed E-state index contributed by atoms with van der Waals surface area (Å²) in [7, 11) is 0. The number of aromatic amines is 1. The van der Waals surface area contributed by atoms with E-state index in [1.807, 2.05) is 4.90 Å². The predicted octanol–water partition coefficient (Wildman–Crippen LogP) is 0.331. The molecule has 1 atom stereocenters. The van der Waals surface area contributed by atoms with E-state index in [9.17, 15) is 4.79 Å². The van der Waals surface area contributed by atoms with Crippen molar-refractivity contribution in [2.24, 2.45) is 5.92 Å². The molecule has 3 rings (SSSR count). The van der Waals surface area contributed by atoms with Crippen LogP contribution < -0.4 is 10.2 Å². The van der Waals surface area contributed by atoms with Gasteiger partial charge in [-0.3, -0.25) is 4.79 Å². The summed E-state index contributed by atoms with van der Waals surface area (Å²) in [5, 5.41) is 11.7. The SMILES string of the molecule is O=C(NCCO)C1CCCN(c2nc(Cl)nc3nc[nH]c23)C1. The van der Waals surface area contributed by atoms with Crippen LogP contribution in [-0.4, -0.2) is 57.2 Å². The van der Waals surface area contributed by atoms with Gasteiger partial charge in [0.05, 0.1) is 18.9 Å². The zero-order valence-electron chi connectivity index (χ0n) is 11.9. The van der Waals surface area contributed by atoms with E-state index in [1.54, 1.807) is 6.33 Å². The van der Waals surface area contributed by atoms with E-state index in [-0.39, 0.29) is 30.3 Å².